The maximum atomic E-state index is 12.9. The molecule has 0 saturated heterocycles. The van der Waals surface area contributed by atoms with Gasteiger partial charge in [0, 0.05) is 23.2 Å². The summed E-state index contributed by atoms with van der Waals surface area (Å²) >= 11 is 1.30. The average molecular weight is 399 g/mol. The van der Waals surface area contributed by atoms with Crippen LogP contribution in [0.2, 0.25) is 0 Å². The van der Waals surface area contributed by atoms with Crippen LogP contribution in [0.3, 0.4) is 0 Å². The Kier molecular flexibility index (Phi) is 6.95. The van der Waals surface area contributed by atoms with Crippen molar-refractivity contribution in [1.82, 2.24) is 9.88 Å². The SMILES string of the molecule is CCCCN(CC(=O)Nc1ncc(C)s1)C(=O)c1cccc(C(F)(F)F)c1. The number of thiazole rings is 1. The number of aromatic nitrogens is 1. The molecule has 5 nitrogen and oxygen atoms in total. The first-order valence-corrected chi connectivity index (χ1v) is 9.21. The van der Waals surface area contributed by atoms with Crippen LogP contribution in [0.25, 0.3) is 0 Å². The van der Waals surface area contributed by atoms with E-state index in [9.17, 15) is 22.8 Å². The molecule has 0 saturated carbocycles. The van der Waals surface area contributed by atoms with Gasteiger partial charge >= 0.3 is 6.18 Å². The predicted octanol–water partition coefficient (Wildman–Crippen LogP) is 4.35. The van der Waals surface area contributed by atoms with Crippen molar-refractivity contribution in [2.75, 3.05) is 18.4 Å². The van der Waals surface area contributed by atoms with Crippen molar-refractivity contribution in [2.45, 2.75) is 32.9 Å². The lowest BCUT2D eigenvalue weighted by Gasteiger charge is -2.22. The van der Waals surface area contributed by atoms with Gasteiger partial charge in [0.15, 0.2) is 5.13 Å². The lowest BCUT2D eigenvalue weighted by Crippen LogP contribution is -2.38. The number of hydrogen-bond donors (Lipinski definition) is 1. The van der Waals surface area contributed by atoms with Crippen LogP contribution in [-0.2, 0) is 11.0 Å². The summed E-state index contributed by atoms with van der Waals surface area (Å²) in [6.45, 7) is 3.78. The molecule has 9 heteroatoms. The zero-order valence-electron chi connectivity index (χ0n) is 15.0. The van der Waals surface area contributed by atoms with Gasteiger partial charge in [-0.25, -0.2) is 4.98 Å². The number of nitrogens with zero attached hydrogens (tertiary/aromatic N) is 2. The van der Waals surface area contributed by atoms with Gasteiger partial charge in [-0.3, -0.25) is 9.59 Å². The minimum absolute atomic E-state index is 0.0983. The zero-order chi connectivity index (χ0) is 20.0. The van der Waals surface area contributed by atoms with Crippen LogP contribution >= 0.6 is 11.3 Å². The van der Waals surface area contributed by atoms with Gasteiger partial charge in [-0.2, -0.15) is 13.2 Å². The number of carbonyl (C=O) groups is 2. The number of rotatable bonds is 7. The van der Waals surface area contributed by atoms with E-state index in [0.717, 1.165) is 23.4 Å². The topological polar surface area (TPSA) is 62.3 Å². The van der Waals surface area contributed by atoms with Crippen LogP contribution in [-0.4, -0.2) is 34.8 Å². The molecule has 2 amide bonds. The Morgan fingerprint density at radius 1 is 1.30 bits per heavy atom. The molecule has 1 heterocycles. The fraction of sp³-hybridized carbons (Fsp3) is 0.389. The second kappa shape index (κ2) is 8.98. The van der Waals surface area contributed by atoms with Gasteiger partial charge in [0.1, 0.15) is 6.54 Å². The maximum absolute atomic E-state index is 12.9. The summed E-state index contributed by atoms with van der Waals surface area (Å²) in [5, 5.41) is 3.02. The van der Waals surface area contributed by atoms with E-state index < -0.39 is 23.6 Å². The number of halogens is 3. The van der Waals surface area contributed by atoms with Crippen molar-refractivity contribution in [3.05, 3.63) is 46.5 Å². The Balaban J connectivity index is 2.14. The standard InChI is InChI=1S/C18H20F3N3O2S/c1-3-4-8-24(11-15(25)23-17-22-10-12(2)27-17)16(26)13-6-5-7-14(9-13)18(19,20)21/h5-7,9-10H,3-4,8,11H2,1-2H3,(H,22,23,25). The third-order valence-electron chi connectivity index (χ3n) is 3.71. The van der Waals surface area contributed by atoms with E-state index in [1.165, 1.54) is 28.4 Å². The quantitative estimate of drug-likeness (QED) is 0.753. The Morgan fingerprint density at radius 2 is 2.04 bits per heavy atom. The van der Waals surface area contributed by atoms with Gasteiger partial charge in [-0.05, 0) is 31.5 Å². The summed E-state index contributed by atoms with van der Waals surface area (Å²) in [7, 11) is 0. The smallest absolute Gasteiger partial charge is 0.329 e. The van der Waals surface area contributed by atoms with E-state index in [0.29, 0.717) is 11.6 Å². The lowest BCUT2D eigenvalue weighted by atomic mass is 10.1. The monoisotopic (exact) mass is 399 g/mol. The second-order valence-electron chi connectivity index (χ2n) is 5.98. The maximum Gasteiger partial charge on any atom is 0.416 e. The average Bonchev–Trinajstić information content (AvgIpc) is 3.02. The number of unbranched alkanes of at least 4 members (excludes halogenated alkanes) is 1. The molecule has 1 aromatic carbocycles. The Hall–Kier alpha value is -2.42. The Morgan fingerprint density at radius 3 is 2.63 bits per heavy atom. The van der Waals surface area contributed by atoms with Crippen molar-refractivity contribution < 1.29 is 22.8 Å². The van der Waals surface area contributed by atoms with Gasteiger partial charge < -0.3 is 10.2 Å². The number of hydrogen-bond acceptors (Lipinski definition) is 4. The predicted molar refractivity (Wildman–Crippen MR) is 97.7 cm³/mol. The second-order valence-corrected chi connectivity index (χ2v) is 7.22. The summed E-state index contributed by atoms with van der Waals surface area (Å²) in [5.41, 5.74) is -0.995. The minimum Gasteiger partial charge on any atom is -0.329 e. The van der Waals surface area contributed by atoms with Crippen molar-refractivity contribution in [2.24, 2.45) is 0 Å². The molecule has 2 aromatic rings. The van der Waals surface area contributed by atoms with Gasteiger partial charge in [-0.1, -0.05) is 19.4 Å². The zero-order valence-corrected chi connectivity index (χ0v) is 15.8. The molecular formula is C18H20F3N3O2S. The molecule has 0 spiro atoms. The molecule has 146 valence electrons. The van der Waals surface area contributed by atoms with Crippen LogP contribution in [0.15, 0.2) is 30.5 Å². The van der Waals surface area contributed by atoms with Gasteiger partial charge in [0.05, 0.1) is 5.56 Å². The molecule has 1 N–H and O–H groups in total. The molecule has 0 unspecified atom stereocenters. The van der Waals surface area contributed by atoms with Gasteiger partial charge in [-0.15, -0.1) is 11.3 Å². The van der Waals surface area contributed by atoms with Crippen molar-refractivity contribution >= 4 is 28.3 Å². The lowest BCUT2D eigenvalue weighted by molar-refractivity contribution is -0.137. The molecule has 0 aliphatic rings. The molecule has 0 atom stereocenters. The van der Waals surface area contributed by atoms with Crippen LogP contribution in [0.5, 0.6) is 0 Å². The summed E-state index contributed by atoms with van der Waals surface area (Å²) in [5.74, 6) is -1.05. The first-order chi connectivity index (χ1) is 12.7. The summed E-state index contributed by atoms with van der Waals surface area (Å²) in [6, 6.07) is 4.22. The Bertz CT molecular complexity index is 805. The number of nitrogens with one attached hydrogen (secondary N) is 1. The third-order valence-corrected chi connectivity index (χ3v) is 4.54. The van der Waals surface area contributed by atoms with E-state index in [1.54, 1.807) is 6.20 Å². The van der Waals surface area contributed by atoms with Crippen LogP contribution < -0.4 is 5.32 Å². The highest BCUT2D eigenvalue weighted by Crippen LogP contribution is 2.29. The largest absolute Gasteiger partial charge is 0.416 e. The molecule has 0 radical (unpaired) electrons. The highest BCUT2D eigenvalue weighted by molar-refractivity contribution is 7.15. The number of benzene rings is 1. The molecule has 0 aliphatic heterocycles. The number of carbonyl (C=O) groups excluding carboxylic acids is 2. The number of alkyl halides is 3. The fourth-order valence-corrected chi connectivity index (χ4v) is 3.04. The molecule has 2 rings (SSSR count). The fourth-order valence-electron chi connectivity index (χ4n) is 2.36. The highest BCUT2D eigenvalue weighted by Gasteiger charge is 2.31. The van der Waals surface area contributed by atoms with Gasteiger partial charge in [0.2, 0.25) is 5.91 Å². The van der Waals surface area contributed by atoms with Crippen LogP contribution in [0.1, 0.15) is 40.6 Å². The van der Waals surface area contributed by atoms with E-state index in [-0.39, 0.29) is 18.7 Å². The van der Waals surface area contributed by atoms with Crippen LogP contribution in [0, 0.1) is 6.92 Å². The summed E-state index contributed by atoms with van der Waals surface area (Å²) < 4.78 is 38.7. The first-order valence-electron chi connectivity index (χ1n) is 8.39. The van der Waals surface area contributed by atoms with E-state index in [4.69, 9.17) is 0 Å². The first kappa shape index (κ1) is 20.9. The number of aryl methyl sites for hydroxylation is 1. The normalized spacial score (nSPS) is 11.3. The van der Waals surface area contributed by atoms with Crippen molar-refractivity contribution in [3.63, 3.8) is 0 Å². The van der Waals surface area contributed by atoms with Crippen LogP contribution in [0.4, 0.5) is 18.3 Å². The summed E-state index contributed by atoms with van der Waals surface area (Å²) in [6.07, 6.45) is -1.51. The number of anilines is 1. The Labute approximate surface area is 159 Å². The van der Waals surface area contributed by atoms with E-state index >= 15 is 0 Å². The molecule has 1 aromatic heterocycles. The highest BCUT2D eigenvalue weighted by atomic mass is 32.1. The molecule has 0 bridgehead atoms. The van der Waals surface area contributed by atoms with Crippen molar-refractivity contribution in [1.29, 1.82) is 0 Å². The third kappa shape index (κ3) is 6.06. The number of amides is 2. The summed E-state index contributed by atoms with van der Waals surface area (Å²) in [4.78, 5) is 31.1. The van der Waals surface area contributed by atoms with Gasteiger partial charge in [0.25, 0.3) is 5.91 Å². The van der Waals surface area contributed by atoms with E-state index in [1.807, 2.05) is 13.8 Å². The molecule has 27 heavy (non-hydrogen) atoms. The molecule has 0 aliphatic carbocycles. The molecule has 0 fully saturated rings. The minimum atomic E-state index is -4.54. The van der Waals surface area contributed by atoms with E-state index in [2.05, 4.69) is 10.3 Å². The molecular weight excluding hydrogens is 379 g/mol. The van der Waals surface area contributed by atoms with Crippen molar-refractivity contribution in [3.8, 4) is 0 Å².